The maximum Gasteiger partial charge on any atom is 0.350 e. The summed E-state index contributed by atoms with van der Waals surface area (Å²) >= 11 is 1.20. The molecule has 1 aromatic carbocycles. The van der Waals surface area contributed by atoms with Crippen LogP contribution in [0.4, 0.5) is 5.13 Å². The average molecular weight is 349 g/mol. The molecule has 1 heterocycles. The summed E-state index contributed by atoms with van der Waals surface area (Å²) < 4.78 is 15.4. The Bertz CT molecular complexity index is 743. The van der Waals surface area contributed by atoms with Gasteiger partial charge in [0.05, 0.1) is 32.7 Å². The quantitative estimate of drug-likeness (QED) is 0.470. The van der Waals surface area contributed by atoms with Crippen LogP contribution in [-0.4, -0.2) is 38.0 Å². The summed E-state index contributed by atoms with van der Waals surface area (Å²) in [5.74, 6) is 0.901. The van der Waals surface area contributed by atoms with Crippen LogP contribution in [0.15, 0.2) is 23.3 Å². The average Bonchev–Trinajstić information content (AvgIpc) is 2.95. The van der Waals surface area contributed by atoms with Gasteiger partial charge in [0.1, 0.15) is 4.88 Å². The molecule has 1 aromatic heterocycles. The predicted octanol–water partition coefficient (Wildman–Crippen LogP) is 3.09. The molecule has 0 spiro atoms. The van der Waals surface area contributed by atoms with E-state index in [1.807, 2.05) is 6.07 Å². The summed E-state index contributed by atoms with van der Waals surface area (Å²) in [7, 11) is 3.16. The Labute approximate surface area is 144 Å². The molecule has 0 radical (unpaired) electrons. The fraction of sp³-hybridized carbons (Fsp3) is 0.312. The zero-order chi connectivity index (χ0) is 17.5. The Kier molecular flexibility index (Phi) is 6.14. The van der Waals surface area contributed by atoms with E-state index in [-0.39, 0.29) is 5.97 Å². The molecule has 128 valence electrons. The van der Waals surface area contributed by atoms with Crippen molar-refractivity contribution < 1.29 is 19.0 Å². The molecular weight excluding hydrogens is 330 g/mol. The summed E-state index contributed by atoms with van der Waals surface area (Å²) in [5.41, 5.74) is 4.26. The number of nitrogens with zero attached hydrogens (tertiary/aromatic N) is 2. The lowest BCUT2D eigenvalue weighted by atomic mass is 10.2. The van der Waals surface area contributed by atoms with E-state index in [2.05, 4.69) is 15.5 Å². The van der Waals surface area contributed by atoms with Crippen LogP contribution >= 0.6 is 11.3 Å². The SMILES string of the molecule is CCOC(=O)c1sc(N/N=C/c2ccc(OC)c(OC)c2)nc1C. The van der Waals surface area contributed by atoms with Gasteiger partial charge < -0.3 is 14.2 Å². The molecule has 0 aliphatic heterocycles. The molecule has 0 fully saturated rings. The predicted molar refractivity (Wildman–Crippen MR) is 93.6 cm³/mol. The van der Waals surface area contributed by atoms with E-state index in [0.717, 1.165) is 5.56 Å². The Morgan fingerprint density at radius 1 is 1.33 bits per heavy atom. The second-order valence-electron chi connectivity index (χ2n) is 4.64. The highest BCUT2D eigenvalue weighted by molar-refractivity contribution is 7.17. The molecule has 8 heteroatoms. The number of carbonyl (C=O) groups is 1. The first-order chi connectivity index (χ1) is 11.6. The number of methoxy groups -OCH3 is 2. The first-order valence-corrected chi connectivity index (χ1v) is 8.06. The first kappa shape index (κ1) is 17.7. The van der Waals surface area contributed by atoms with Gasteiger partial charge in [-0.05, 0) is 37.6 Å². The molecule has 1 N–H and O–H groups in total. The molecule has 0 bridgehead atoms. The summed E-state index contributed by atoms with van der Waals surface area (Å²) in [5, 5.41) is 4.65. The van der Waals surface area contributed by atoms with Gasteiger partial charge in [-0.15, -0.1) is 0 Å². The zero-order valence-corrected chi connectivity index (χ0v) is 14.8. The molecule has 2 rings (SSSR count). The second kappa shape index (κ2) is 8.30. The van der Waals surface area contributed by atoms with E-state index in [1.54, 1.807) is 46.4 Å². The van der Waals surface area contributed by atoms with E-state index in [0.29, 0.717) is 33.8 Å². The molecule has 0 amide bonds. The molecule has 0 unspecified atom stereocenters. The van der Waals surface area contributed by atoms with Crippen molar-refractivity contribution in [3.8, 4) is 11.5 Å². The number of ether oxygens (including phenoxy) is 3. The van der Waals surface area contributed by atoms with Crippen molar-refractivity contribution in [2.24, 2.45) is 5.10 Å². The van der Waals surface area contributed by atoms with Crippen LogP contribution in [0.1, 0.15) is 27.9 Å². The standard InChI is InChI=1S/C16H19N3O4S/c1-5-23-15(20)14-10(2)18-16(24-14)19-17-9-11-6-7-12(21-3)13(8-11)22-4/h6-9H,5H2,1-4H3,(H,18,19)/b17-9+. The number of anilines is 1. The Balaban J connectivity index is 2.07. The third-order valence-electron chi connectivity index (χ3n) is 3.04. The highest BCUT2D eigenvalue weighted by Gasteiger charge is 2.15. The first-order valence-electron chi connectivity index (χ1n) is 7.24. The Morgan fingerprint density at radius 3 is 2.75 bits per heavy atom. The van der Waals surface area contributed by atoms with Crippen molar-refractivity contribution >= 4 is 28.7 Å². The fourth-order valence-electron chi connectivity index (χ4n) is 1.93. The van der Waals surface area contributed by atoms with Gasteiger partial charge in [0.2, 0.25) is 5.13 Å². The van der Waals surface area contributed by atoms with Gasteiger partial charge in [0, 0.05) is 0 Å². The zero-order valence-electron chi connectivity index (χ0n) is 14.0. The van der Waals surface area contributed by atoms with E-state index < -0.39 is 0 Å². The van der Waals surface area contributed by atoms with Crippen molar-refractivity contribution in [3.63, 3.8) is 0 Å². The maximum atomic E-state index is 11.8. The van der Waals surface area contributed by atoms with Gasteiger partial charge in [-0.25, -0.2) is 9.78 Å². The number of hydrazone groups is 1. The highest BCUT2D eigenvalue weighted by atomic mass is 32.1. The Morgan fingerprint density at radius 2 is 2.08 bits per heavy atom. The maximum absolute atomic E-state index is 11.8. The lowest BCUT2D eigenvalue weighted by molar-refractivity contribution is 0.0531. The lowest BCUT2D eigenvalue weighted by Crippen LogP contribution is -2.03. The van der Waals surface area contributed by atoms with Crippen LogP contribution in [0.5, 0.6) is 11.5 Å². The number of esters is 1. The molecule has 0 aliphatic carbocycles. The van der Waals surface area contributed by atoms with Crippen molar-refractivity contribution in [1.29, 1.82) is 0 Å². The molecule has 0 atom stereocenters. The third-order valence-corrected chi connectivity index (χ3v) is 4.08. The van der Waals surface area contributed by atoms with E-state index in [9.17, 15) is 4.79 Å². The molecule has 0 saturated carbocycles. The van der Waals surface area contributed by atoms with Crippen molar-refractivity contribution in [3.05, 3.63) is 34.3 Å². The number of nitrogens with one attached hydrogen (secondary N) is 1. The monoisotopic (exact) mass is 349 g/mol. The smallest absolute Gasteiger partial charge is 0.350 e. The lowest BCUT2D eigenvalue weighted by Gasteiger charge is -2.07. The van der Waals surface area contributed by atoms with Crippen LogP contribution in [0, 0.1) is 6.92 Å². The number of hydrogen-bond acceptors (Lipinski definition) is 8. The minimum absolute atomic E-state index is 0.330. The van der Waals surface area contributed by atoms with Crippen LogP contribution in [0.2, 0.25) is 0 Å². The minimum Gasteiger partial charge on any atom is -0.493 e. The summed E-state index contributed by atoms with van der Waals surface area (Å²) in [6, 6.07) is 5.46. The van der Waals surface area contributed by atoms with E-state index >= 15 is 0 Å². The van der Waals surface area contributed by atoms with Crippen molar-refractivity contribution in [2.45, 2.75) is 13.8 Å². The summed E-state index contributed by atoms with van der Waals surface area (Å²) in [6.45, 7) is 3.85. The van der Waals surface area contributed by atoms with E-state index in [1.165, 1.54) is 11.3 Å². The van der Waals surface area contributed by atoms with Gasteiger partial charge >= 0.3 is 5.97 Å². The molecule has 7 nitrogen and oxygen atoms in total. The largest absolute Gasteiger partial charge is 0.493 e. The summed E-state index contributed by atoms with van der Waals surface area (Å²) in [6.07, 6.45) is 1.63. The topological polar surface area (TPSA) is 82.0 Å². The van der Waals surface area contributed by atoms with E-state index in [4.69, 9.17) is 14.2 Å². The van der Waals surface area contributed by atoms with Crippen LogP contribution in [0.25, 0.3) is 0 Å². The second-order valence-corrected chi connectivity index (χ2v) is 5.64. The number of aromatic nitrogens is 1. The molecule has 24 heavy (non-hydrogen) atoms. The van der Waals surface area contributed by atoms with Crippen LogP contribution < -0.4 is 14.9 Å². The number of aryl methyl sites for hydroxylation is 1. The molecular formula is C16H19N3O4S. The van der Waals surface area contributed by atoms with Gasteiger partial charge in [0.25, 0.3) is 0 Å². The van der Waals surface area contributed by atoms with Crippen molar-refractivity contribution in [1.82, 2.24) is 4.98 Å². The van der Waals surface area contributed by atoms with Gasteiger partial charge in [-0.1, -0.05) is 11.3 Å². The van der Waals surface area contributed by atoms with Gasteiger partial charge in [-0.2, -0.15) is 5.10 Å². The third kappa shape index (κ3) is 4.23. The van der Waals surface area contributed by atoms with Gasteiger partial charge in [0.15, 0.2) is 11.5 Å². The van der Waals surface area contributed by atoms with Crippen molar-refractivity contribution in [2.75, 3.05) is 26.3 Å². The number of carbonyl (C=O) groups excluding carboxylic acids is 1. The highest BCUT2D eigenvalue weighted by Crippen LogP contribution is 2.27. The molecule has 0 saturated heterocycles. The minimum atomic E-state index is -0.371. The number of rotatable bonds is 7. The van der Waals surface area contributed by atoms with Gasteiger partial charge in [-0.3, -0.25) is 5.43 Å². The number of hydrogen-bond donors (Lipinski definition) is 1. The normalized spacial score (nSPS) is 10.7. The number of thiazole rings is 1. The fourth-order valence-corrected chi connectivity index (χ4v) is 2.74. The Hall–Kier alpha value is -2.61. The van der Waals surface area contributed by atoms with Crippen LogP contribution in [-0.2, 0) is 4.74 Å². The molecule has 0 aliphatic rings. The molecule has 2 aromatic rings. The number of benzene rings is 1. The summed E-state index contributed by atoms with van der Waals surface area (Å²) in [4.78, 5) is 16.5. The van der Waals surface area contributed by atoms with Crippen LogP contribution in [0.3, 0.4) is 0 Å².